The summed E-state index contributed by atoms with van der Waals surface area (Å²) < 4.78 is 51.7. The summed E-state index contributed by atoms with van der Waals surface area (Å²) >= 11 is 0. The third kappa shape index (κ3) is 7.56. The maximum absolute atomic E-state index is 14.4. The lowest BCUT2D eigenvalue weighted by Crippen LogP contribution is -2.61. The molecule has 304 valence electrons. The van der Waals surface area contributed by atoms with Crippen LogP contribution in [-0.2, 0) is 15.0 Å². The summed E-state index contributed by atoms with van der Waals surface area (Å²) in [4.78, 5) is 43.8. The van der Waals surface area contributed by atoms with Crippen molar-refractivity contribution in [3.05, 3.63) is 53.8 Å². The SMILES string of the molecule is CC(C)N(C(=O)c1cc(F)ccc1Oc1cncnc1N1CC2(CCN(CC3CCN(S(=O)(=O)N4C[C@@H]5C[C@H]4CN5C(=O)C4=CCCC4)CC3)CC2)C1)C(C)C. The highest BCUT2D eigenvalue weighted by atomic mass is 32.2. The fourth-order valence-electron chi connectivity index (χ4n) is 10.2. The minimum atomic E-state index is -3.55. The van der Waals surface area contributed by atoms with Crippen molar-refractivity contribution in [2.75, 3.05) is 63.8 Å². The second-order valence-electron chi connectivity index (χ2n) is 17.6. The van der Waals surface area contributed by atoms with Gasteiger partial charge in [-0.05, 0) is 116 Å². The van der Waals surface area contributed by atoms with Crippen LogP contribution in [0.5, 0.6) is 11.5 Å². The second kappa shape index (κ2) is 15.6. The number of piperidine rings is 2. The van der Waals surface area contributed by atoms with Gasteiger partial charge in [-0.15, -0.1) is 0 Å². The number of rotatable bonds is 11. The molecule has 2 amide bonds. The van der Waals surface area contributed by atoms with Gasteiger partial charge >= 0.3 is 0 Å². The van der Waals surface area contributed by atoms with Crippen molar-refractivity contribution in [3.8, 4) is 11.5 Å². The molecule has 56 heavy (non-hydrogen) atoms. The molecule has 0 N–H and O–H groups in total. The molecule has 1 aliphatic carbocycles. The summed E-state index contributed by atoms with van der Waals surface area (Å²) in [6.07, 6.45) is 12.6. The molecular formula is C41H57FN8O5S. The number of likely N-dealkylation sites (tertiary alicyclic amines) is 2. The lowest BCUT2D eigenvalue weighted by molar-refractivity contribution is -0.129. The Hall–Kier alpha value is -3.66. The molecule has 6 aliphatic rings. The first kappa shape index (κ1) is 39.2. The number of piperazine rings is 1. The van der Waals surface area contributed by atoms with Gasteiger partial charge in [-0.3, -0.25) is 9.59 Å². The van der Waals surface area contributed by atoms with Crippen molar-refractivity contribution in [1.29, 1.82) is 0 Å². The van der Waals surface area contributed by atoms with E-state index in [1.54, 1.807) is 19.7 Å². The first-order chi connectivity index (χ1) is 26.8. The highest BCUT2D eigenvalue weighted by Crippen LogP contribution is 2.45. The van der Waals surface area contributed by atoms with Gasteiger partial charge in [-0.1, -0.05) is 6.08 Å². The summed E-state index contributed by atoms with van der Waals surface area (Å²) in [5, 5.41) is 0. The molecule has 5 fully saturated rings. The third-order valence-corrected chi connectivity index (χ3v) is 15.2. The summed E-state index contributed by atoms with van der Waals surface area (Å²) in [7, 11) is -3.55. The first-order valence-electron chi connectivity index (χ1n) is 20.7. The zero-order valence-electron chi connectivity index (χ0n) is 33.3. The maximum atomic E-state index is 14.4. The van der Waals surface area contributed by atoms with Crippen LogP contribution in [0.1, 0.15) is 89.4 Å². The van der Waals surface area contributed by atoms with Gasteiger partial charge in [-0.25, -0.2) is 14.4 Å². The lowest BCUT2D eigenvalue weighted by Gasteiger charge is -2.54. The average molecular weight is 793 g/mol. The largest absolute Gasteiger partial charge is 0.451 e. The molecule has 13 nitrogen and oxygen atoms in total. The summed E-state index contributed by atoms with van der Waals surface area (Å²) in [5.74, 6) is 1.15. The van der Waals surface area contributed by atoms with Gasteiger partial charge in [0.05, 0.1) is 11.8 Å². The summed E-state index contributed by atoms with van der Waals surface area (Å²) in [6, 6.07) is 3.76. The smallest absolute Gasteiger partial charge is 0.282 e. The fraction of sp³-hybridized carbons (Fsp3) is 0.659. The number of carbonyl (C=O) groups excluding carboxylic acids is 2. The molecule has 2 aromatic rings. The van der Waals surface area contributed by atoms with Crippen LogP contribution in [-0.4, -0.2) is 137 Å². The number of aromatic nitrogens is 2. The number of fused-ring (bicyclic) bond motifs is 2. The van der Waals surface area contributed by atoms with Crippen LogP contribution in [0.15, 0.2) is 42.4 Å². The van der Waals surface area contributed by atoms with Crippen LogP contribution in [0.2, 0.25) is 0 Å². The molecule has 5 saturated heterocycles. The normalized spacial score (nSPS) is 24.7. The number of nitrogens with zero attached hydrogens (tertiary/aromatic N) is 8. The van der Waals surface area contributed by atoms with Crippen LogP contribution in [0.3, 0.4) is 0 Å². The molecule has 1 aromatic heterocycles. The van der Waals surface area contributed by atoms with E-state index in [4.69, 9.17) is 4.74 Å². The fourth-order valence-corrected chi connectivity index (χ4v) is 12.0. The van der Waals surface area contributed by atoms with Crippen molar-refractivity contribution in [2.45, 2.75) is 103 Å². The Balaban J connectivity index is 0.811. The third-order valence-electron chi connectivity index (χ3n) is 13.1. The molecule has 0 unspecified atom stereocenters. The number of benzene rings is 1. The number of ether oxygens (including phenoxy) is 1. The van der Waals surface area contributed by atoms with Gasteiger partial charge in [-0.2, -0.15) is 17.0 Å². The molecule has 2 bridgehead atoms. The topological polar surface area (TPSA) is 123 Å². The molecule has 1 spiro atoms. The van der Waals surface area contributed by atoms with Gasteiger partial charge in [0.1, 0.15) is 17.9 Å². The average Bonchev–Trinajstić information content (AvgIpc) is 3.95. The molecule has 6 heterocycles. The Morgan fingerprint density at radius 3 is 2.38 bits per heavy atom. The van der Waals surface area contributed by atoms with E-state index in [1.807, 2.05) is 32.6 Å². The molecule has 1 aromatic carbocycles. The predicted octanol–water partition coefficient (Wildman–Crippen LogP) is 4.92. The van der Waals surface area contributed by atoms with E-state index < -0.39 is 16.0 Å². The van der Waals surface area contributed by atoms with Gasteiger partial charge in [0.15, 0.2) is 11.6 Å². The highest BCUT2D eigenvalue weighted by Gasteiger charge is 2.52. The number of amides is 2. The van der Waals surface area contributed by atoms with Gasteiger partial charge < -0.3 is 24.3 Å². The molecule has 0 saturated carbocycles. The zero-order valence-corrected chi connectivity index (χ0v) is 34.1. The number of hydrogen-bond acceptors (Lipinski definition) is 9. The lowest BCUT2D eigenvalue weighted by atomic mass is 9.72. The highest BCUT2D eigenvalue weighted by molar-refractivity contribution is 7.86. The monoisotopic (exact) mass is 792 g/mol. The number of carbonyl (C=O) groups is 2. The van der Waals surface area contributed by atoms with Crippen LogP contribution >= 0.6 is 0 Å². The second-order valence-corrected chi connectivity index (χ2v) is 19.4. The van der Waals surface area contributed by atoms with Crippen LogP contribution < -0.4 is 9.64 Å². The summed E-state index contributed by atoms with van der Waals surface area (Å²) in [5.41, 5.74) is 1.26. The number of anilines is 1. The molecular weight excluding hydrogens is 736 g/mol. The molecule has 0 radical (unpaired) electrons. The minimum absolute atomic E-state index is 0.0137. The predicted molar refractivity (Wildman–Crippen MR) is 211 cm³/mol. The Labute approximate surface area is 331 Å². The van der Waals surface area contributed by atoms with Crippen molar-refractivity contribution < 1.29 is 27.1 Å². The van der Waals surface area contributed by atoms with E-state index in [0.29, 0.717) is 43.7 Å². The maximum Gasteiger partial charge on any atom is 0.282 e. The Morgan fingerprint density at radius 1 is 1.00 bits per heavy atom. The Bertz CT molecular complexity index is 1930. The van der Waals surface area contributed by atoms with Crippen LogP contribution in [0.25, 0.3) is 0 Å². The standard InChI is InChI=1S/C41H57FN8O5S/c1-28(2)50(29(3)4)40(52)35-19-32(42)9-10-36(35)55-37-21-43-27-44-38(37)46-25-41(26-46)13-17-45(18-14-41)22-30-11-15-47(16-12-30)56(53,54)49-24-33-20-34(49)23-48(33)39(51)31-7-5-6-8-31/h7,9-10,19,21,27-30,33-34H,5-6,8,11-18,20,22-26H2,1-4H3/t33-,34-/m0/s1. The van der Waals surface area contributed by atoms with E-state index in [0.717, 1.165) is 89.7 Å². The van der Waals surface area contributed by atoms with Crippen LogP contribution in [0.4, 0.5) is 10.2 Å². The van der Waals surface area contributed by atoms with Gasteiger partial charge in [0, 0.05) is 81.0 Å². The van der Waals surface area contributed by atoms with E-state index in [-0.39, 0.29) is 52.7 Å². The first-order valence-corrected chi connectivity index (χ1v) is 22.1. The van der Waals surface area contributed by atoms with Crippen molar-refractivity contribution in [2.24, 2.45) is 11.3 Å². The van der Waals surface area contributed by atoms with Crippen molar-refractivity contribution in [1.82, 2.24) is 33.3 Å². The van der Waals surface area contributed by atoms with Gasteiger partial charge in [0.2, 0.25) is 5.91 Å². The Kier molecular flexibility index (Phi) is 10.9. The van der Waals surface area contributed by atoms with E-state index in [2.05, 4.69) is 25.8 Å². The van der Waals surface area contributed by atoms with Crippen molar-refractivity contribution >= 4 is 27.8 Å². The minimum Gasteiger partial charge on any atom is -0.451 e. The number of halogens is 1. The molecule has 5 aliphatic heterocycles. The number of allylic oxidation sites excluding steroid dienone is 1. The number of hydrogen-bond donors (Lipinski definition) is 0. The quantitative estimate of drug-likeness (QED) is 0.312. The molecule has 15 heteroatoms. The van der Waals surface area contributed by atoms with Crippen LogP contribution in [0, 0.1) is 17.2 Å². The van der Waals surface area contributed by atoms with E-state index >= 15 is 0 Å². The van der Waals surface area contributed by atoms with Crippen molar-refractivity contribution in [3.63, 3.8) is 0 Å². The molecule has 8 rings (SSSR count). The van der Waals surface area contributed by atoms with Gasteiger partial charge in [0.25, 0.3) is 16.1 Å². The Morgan fingerprint density at radius 2 is 1.73 bits per heavy atom. The van der Waals surface area contributed by atoms with E-state index in [1.165, 1.54) is 24.5 Å². The molecule has 2 atom stereocenters. The van der Waals surface area contributed by atoms with E-state index in [9.17, 15) is 22.4 Å². The zero-order chi connectivity index (χ0) is 39.4. The summed E-state index contributed by atoms with van der Waals surface area (Å²) in [6.45, 7) is 14.5.